The second-order valence-corrected chi connectivity index (χ2v) is 11.6. The summed E-state index contributed by atoms with van der Waals surface area (Å²) < 4.78 is 14.2. The number of hydrogen-bond donors (Lipinski definition) is 2. The quantitative estimate of drug-likeness (QED) is 0.236. The Labute approximate surface area is 232 Å². The van der Waals surface area contributed by atoms with Crippen LogP contribution in [-0.4, -0.2) is 54.0 Å². The van der Waals surface area contributed by atoms with Crippen molar-refractivity contribution in [2.45, 2.75) is 76.7 Å². The number of nitrogens with one attached hydrogen (secondary N) is 1. The molecule has 1 aliphatic carbocycles. The first-order valence-corrected chi connectivity index (χ1v) is 14.4. The number of rotatable bonds is 14. The summed E-state index contributed by atoms with van der Waals surface area (Å²) in [5.74, 6) is -1.42. The van der Waals surface area contributed by atoms with E-state index in [4.69, 9.17) is 5.73 Å². The summed E-state index contributed by atoms with van der Waals surface area (Å²) in [6.45, 7) is 3.36. The largest absolute Gasteiger partial charge is 0.386 e. The molecule has 1 saturated heterocycles. The van der Waals surface area contributed by atoms with Gasteiger partial charge in [-0.25, -0.2) is 4.39 Å². The standard InChI is InChI=1S/C29H39BrFN3O4/c1-20(32)33-15-5-7-22(27(37)19-31)17-25(35)24-8-6-16-34(24)28(38)29(13-3-2-4-14-29)18-26(36)21-9-11-23(30)12-10-21/h9-12,22,24,33H,1-8,13-19,32H2/t22-,24+/m1/s1. The molecule has 1 aromatic rings. The molecule has 0 spiro atoms. The second kappa shape index (κ2) is 14.0. The van der Waals surface area contributed by atoms with Crippen LogP contribution in [0.4, 0.5) is 4.39 Å². The van der Waals surface area contributed by atoms with E-state index in [0.29, 0.717) is 63.0 Å². The van der Waals surface area contributed by atoms with Crippen LogP contribution in [0.5, 0.6) is 0 Å². The summed E-state index contributed by atoms with van der Waals surface area (Å²) in [5, 5.41) is 2.87. The van der Waals surface area contributed by atoms with Crippen molar-refractivity contribution in [2.24, 2.45) is 17.1 Å². The van der Waals surface area contributed by atoms with Crippen LogP contribution in [0.3, 0.4) is 0 Å². The van der Waals surface area contributed by atoms with E-state index in [1.54, 1.807) is 17.0 Å². The van der Waals surface area contributed by atoms with Gasteiger partial charge >= 0.3 is 0 Å². The van der Waals surface area contributed by atoms with Crippen LogP contribution in [0.25, 0.3) is 0 Å². The topological polar surface area (TPSA) is 110 Å². The zero-order valence-electron chi connectivity index (χ0n) is 22.0. The van der Waals surface area contributed by atoms with E-state index in [2.05, 4.69) is 27.8 Å². The number of nitrogens with zero attached hydrogens (tertiary/aromatic N) is 1. The molecule has 1 aliphatic heterocycles. The highest BCUT2D eigenvalue weighted by Gasteiger charge is 2.47. The Hall–Kier alpha value is -2.55. The molecule has 3 N–H and O–H groups in total. The fourth-order valence-electron chi connectivity index (χ4n) is 5.85. The summed E-state index contributed by atoms with van der Waals surface area (Å²) in [6, 6.07) is 6.51. The lowest BCUT2D eigenvalue weighted by Crippen LogP contribution is -2.50. The van der Waals surface area contributed by atoms with Gasteiger partial charge in [0.1, 0.15) is 6.67 Å². The van der Waals surface area contributed by atoms with Crippen molar-refractivity contribution in [3.8, 4) is 0 Å². The van der Waals surface area contributed by atoms with Crippen LogP contribution in [0.15, 0.2) is 41.1 Å². The number of carbonyl (C=O) groups is 4. The zero-order valence-corrected chi connectivity index (χ0v) is 23.6. The first kappa shape index (κ1) is 30.0. The van der Waals surface area contributed by atoms with Crippen molar-refractivity contribution >= 4 is 39.2 Å². The van der Waals surface area contributed by atoms with Crippen molar-refractivity contribution < 1.29 is 23.6 Å². The lowest BCUT2D eigenvalue weighted by Gasteiger charge is -2.40. The molecule has 7 nitrogen and oxygen atoms in total. The summed E-state index contributed by atoms with van der Waals surface area (Å²) in [6.07, 6.45) is 6.10. The van der Waals surface area contributed by atoms with E-state index in [1.165, 1.54) is 0 Å². The van der Waals surface area contributed by atoms with Gasteiger partial charge in [0.15, 0.2) is 17.3 Å². The van der Waals surface area contributed by atoms with Crippen molar-refractivity contribution in [2.75, 3.05) is 19.8 Å². The zero-order chi connectivity index (χ0) is 27.7. The van der Waals surface area contributed by atoms with Gasteiger partial charge in [-0.05, 0) is 50.7 Å². The Balaban J connectivity index is 1.73. The SMILES string of the molecule is C=C(N)NCCC[C@H](CC(=O)[C@@H]1CCCN1C(=O)C1(CC(=O)c2ccc(Br)cc2)CCCCC1)C(=O)CF. The lowest BCUT2D eigenvalue weighted by molar-refractivity contribution is -0.148. The van der Waals surface area contributed by atoms with Crippen LogP contribution in [0.1, 0.15) is 81.0 Å². The monoisotopic (exact) mass is 591 g/mol. The molecule has 0 aromatic heterocycles. The molecular weight excluding hydrogens is 553 g/mol. The third kappa shape index (κ3) is 7.74. The fourth-order valence-corrected chi connectivity index (χ4v) is 6.12. The van der Waals surface area contributed by atoms with Crippen LogP contribution < -0.4 is 11.1 Å². The van der Waals surface area contributed by atoms with Gasteiger partial charge in [-0.15, -0.1) is 0 Å². The van der Waals surface area contributed by atoms with E-state index < -0.39 is 29.8 Å². The molecule has 1 aromatic carbocycles. The average Bonchev–Trinajstić information content (AvgIpc) is 3.40. The molecule has 0 radical (unpaired) electrons. The molecule has 1 heterocycles. The number of carbonyl (C=O) groups excluding carboxylic acids is 4. The minimum absolute atomic E-state index is 0.0720. The fraction of sp³-hybridized carbons (Fsp3) is 0.586. The minimum Gasteiger partial charge on any atom is -0.386 e. The number of alkyl halides is 1. The van der Waals surface area contributed by atoms with E-state index in [0.717, 1.165) is 23.7 Å². The number of amides is 1. The summed E-state index contributed by atoms with van der Waals surface area (Å²) in [4.78, 5) is 54.6. The number of nitrogens with two attached hydrogens (primary N) is 1. The van der Waals surface area contributed by atoms with E-state index in [9.17, 15) is 23.6 Å². The predicted molar refractivity (Wildman–Crippen MR) is 148 cm³/mol. The molecule has 0 bridgehead atoms. The van der Waals surface area contributed by atoms with Gasteiger partial charge in [0.2, 0.25) is 5.91 Å². The van der Waals surface area contributed by atoms with Gasteiger partial charge in [0, 0.05) is 41.9 Å². The second-order valence-electron chi connectivity index (χ2n) is 10.7. The van der Waals surface area contributed by atoms with Crippen LogP contribution in [0.2, 0.25) is 0 Å². The number of ketones is 3. The van der Waals surface area contributed by atoms with Crippen molar-refractivity contribution in [3.05, 3.63) is 46.7 Å². The summed E-state index contributed by atoms with van der Waals surface area (Å²) in [7, 11) is 0. The molecule has 1 amide bonds. The van der Waals surface area contributed by atoms with Gasteiger partial charge in [-0.2, -0.15) is 0 Å². The van der Waals surface area contributed by atoms with E-state index >= 15 is 0 Å². The first-order valence-electron chi connectivity index (χ1n) is 13.6. The average molecular weight is 593 g/mol. The molecule has 2 fully saturated rings. The van der Waals surface area contributed by atoms with Crippen molar-refractivity contribution in [3.63, 3.8) is 0 Å². The molecule has 9 heteroatoms. The molecule has 0 unspecified atom stereocenters. The summed E-state index contributed by atoms with van der Waals surface area (Å²) >= 11 is 3.39. The highest BCUT2D eigenvalue weighted by Crippen LogP contribution is 2.43. The molecule has 2 aliphatic rings. The normalized spacial score (nSPS) is 19.5. The van der Waals surface area contributed by atoms with E-state index in [1.807, 2.05) is 12.1 Å². The number of Topliss-reactive ketones (excluding diaryl/α,β-unsaturated/α-hetero) is 3. The molecule has 3 rings (SSSR count). The summed E-state index contributed by atoms with van der Waals surface area (Å²) in [5.41, 5.74) is 5.24. The van der Waals surface area contributed by atoms with Crippen molar-refractivity contribution in [1.29, 1.82) is 0 Å². The third-order valence-corrected chi connectivity index (χ3v) is 8.46. The van der Waals surface area contributed by atoms with Gasteiger partial charge in [-0.1, -0.05) is 53.9 Å². The molecule has 208 valence electrons. The minimum atomic E-state index is -1.12. The number of likely N-dealkylation sites (tertiary alicyclic amines) is 1. The maximum atomic E-state index is 14.1. The Bertz CT molecular complexity index is 1020. The molecular formula is C29H39BrFN3O4. The Kier molecular flexibility index (Phi) is 11.1. The molecule has 38 heavy (non-hydrogen) atoms. The third-order valence-electron chi connectivity index (χ3n) is 7.93. The molecule has 2 atom stereocenters. The number of halogens is 2. The maximum absolute atomic E-state index is 14.1. The first-order chi connectivity index (χ1) is 18.2. The highest BCUT2D eigenvalue weighted by atomic mass is 79.9. The Morgan fingerprint density at radius 3 is 2.45 bits per heavy atom. The highest BCUT2D eigenvalue weighted by molar-refractivity contribution is 9.10. The number of hydrogen-bond acceptors (Lipinski definition) is 6. The van der Waals surface area contributed by atoms with Gasteiger partial charge in [0.25, 0.3) is 0 Å². The smallest absolute Gasteiger partial charge is 0.229 e. The van der Waals surface area contributed by atoms with Gasteiger partial charge in [0.05, 0.1) is 17.3 Å². The maximum Gasteiger partial charge on any atom is 0.229 e. The molecule has 1 saturated carbocycles. The van der Waals surface area contributed by atoms with Gasteiger partial charge in [-0.3, -0.25) is 19.2 Å². The Morgan fingerprint density at radius 1 is 1.13 bits per heavy atom. The van der Waals surface area contributed by atoms with Gasteiger partial charge < -0.3 is 16.0 Å². The Morgan fingerprint density at radius 2 is 1.82 bits per heavy atom. The van der Waals surface area contributed by atoms with E-state index in [-0.39, 0.29) is 30.3 Å². The predicted octanol–water partition coefficient (Wildman–Crippen LogP) is 4.88. The van der Waals surface area contributed by atoms with Crippen LogP contribution in [0, 0.1) is 11.3 Å². The van der Waals surface area contributed by atoms with Crippen LogP contribution in [-0.2, 0) is 14.4 Å². The lowest BCUT2D eigenvalue weighted by atomic mass is 9.69. The number of benzene rings is 1. The van der Waals surface area contributed by atoms with Crippen LogP contribution >= 0.6 is 15.9 Å². The van der Waals surface area contributed by atoms with Crippen molar-refractivity contribution in [1.82, 2.24) is 10.2 Å².